The maximum Gasteiger partial charge on any atom is 1.00 e. The fraction of sp³-hybridized carbons (Fsp3) is 0.800. The summed E-state index contributed by atoms with van der Waals surface area (Å²) < 4.78 is 19.0. The fourth-order valence-corrected chi connectivity index (χ4v) is 0.966. The third-order valence-electron chi connectivity index (χ3n) is 0.906. The van der Waals surface area contributed by atoms with Crippen molar-refractivity contribution < 1.29 is 42.4 Å². The van der Waals surface area contributed by atoms with Gasteiger partial charge in [-0.25, -0.2) is 0 Å². The molecule has 0 spiro atoms. The molecule has 0 fully saturated rings. The van der Waals surface area contributed by atoms with Crippen molar-refractivity contribution in [3.8, 4) is 0 Å². The predicted octanol–water partition coefficient (Wildman–Crippen LogP) is -3.25. The molecular formula is C5H10LiO5P. The number of carbonyl (C=O) groups excluding carboxylic acids is 1. The molecule has 0 amide bonds. The first-order chi connectivity index (χ1) is 5.02. The van der Waals surface area contributed by atoms with E-state index in [1.54, 1.807) is 6.92 Å². The minimum atomic E-state index is -3.98. The molecule has 1 unspecified atom stereocenters. The number of ether oxygens (including phenoxy) is 1. The molecule has 0 aromatic heterocycles. The Kier molecular flexibility index (Phi) is 8.23. The van der Waals surface area contributed by atoms with Gasteiger partial charge in [0.1, 0.15) is 13.8 Å². The van der Waals surface area contributed by atoms with Gasteiger partial charge in [-0.05, 0) is 6.92 Å². The van der Waals surface area contributed by atoms with Gasteiger partial charge < -0.3 is 18.7 Å². The molecule has 0 aliphatic carbocycles. The molecule has 0 bridgehead atoms. The average molecular weight is 188 g/mol. The summed E-state index contributed by atoms with van der Waals surface area (Å²) in [4.78, 5) is 21.1. The maximum atomic E-state index is 10.6. The van der Waals surface area contributed by atoms with E-state index in [4.69, 9.17) is 0 Å². The van der Waals surface area contributed by atoms with Crippen molar-refractivity contribution in [3.05, 3.63) is 0 Å². The van der Waals surface area contributed by atoms with E-state index in [0.717, 1.165) is 7.11 Å². The van der Waals surface area contributed by atoms with Crippen LogP contribution in [0.5, 0.6) is 0 Å². The van der Waals surface area contributed by atoms with Crippen molar-refractivity contribution in [2.45, 2.75) is 6.92 Å². The zero-order valence-electron chi connectivity index (χ0n) is 7.40. The number of rotatable bonds is 4. The standard InChI is InChI=1S/C5H11O5P.Li/c1-3-10-5(6)4-11(7,8)9-2;/h3-4H2,1-2H3,(H,7,8);/q;+1/p-1. The summed E-state index contributed by atoms with van der Waals surface area (Å²) in [5, 5.41) is 0. The molecule has 7 heteroatoms. The Morgan fingerprint density at radius 1 is 1.58 bits per heavy atom. The summed E-state index contributed by atoms with van der Waals surface area (Å²) in [6.07, 6.45) is -0.697. The molecule has 0 aliphatic rings. The molecule has 66 valence electrons. The molecular weight excluding hydrogens is 178 g/mol. The van der Waals surface area contributed by atoms with Crippen molar-refractivity contribution in [1.82, 2.24) is 0 Å². The van der Waals surface area contributed by atoms with Crippen LogP contribution in [0.2, 0.25) is 0 Å². The Balaban J connectivity index is 0. The molecule has 0 aromatic rings. The van der Waals surface area contributed by atoms with Crippen molar-refractivity contribution in [3.63, 3.8) is 0 Å². The van der Waals surface area contributed by atoms with Crippen LogP contribution in [-0.2, 0) is 18.6 Å². The minimum Gasteiger partial charge on any atom is -0.778 e. The number of carbonyl (C=O) groups is 1. The molecule has 5 nitrogen and oxygen atoms in total. The van der Waals surface area contributed by atoms with Crippen molar-refractivity contribution >= 4 is 13.6 Å². The van der Waals surface area contributed by atoms with Crippen LogP contribution in [0.4, 0.5) is 0 Å². The summed E-state index contributed by atoms with van der Waals surface area (Å²) in [6, 6.07) is 0. The summed E-state index contributed by atoms with van der Waals surface area (Å²) in [5.41, 5.74) is 0. The Hall–Kier alpha value is 0.217. The smallest absolute Gasteiger partial charge is 0.778 e. The van der Waals surface area contributed by atoms with E-state index in [1.165, 1.54) is 0 Å². The second kappa shape index (κ2) is 6.70. The van der Waals surface area contributed by atoms with Crippen LogP contribution in [0.1, 0.15) is 6.92 Å². The van der Waals surface area contributed by atoms with Crippen LogP contribution >= 0.6 is 7.60 Å². The Labute approximate surface area is 83.1 Å². The molecule has 0 saturated heterocycles. The summed E-state index contributed by atoms with van der Waals surface area (Å²) in [7, 11) is -2.98. The SMILES string of the molecule is CCOC(=O)CP(=O)([O-])OC.[Li+]. The van der Waals surface area contributed by atoms with Gasteiger partial charge in [-0.15, -0.1) is 0 Å². The third kappa shape index (κ3) is 6.90. The molecule has 0 N–H and O–H groups in total. The molecule has 12 heavy (non-hydrogen) atoms. The monoisotopic (exact) mass is 188 g/mol. The van der Waals surface area contributed by atoms with E-state index in [2.05, 4.69) is 9.26 Å². The quantitative estimate of drug-likeness (QED) is 0.263. The van der Waals surface area contributed by atoms with E-state index < -0.39 is 19.7 Å². The van der Waals surface area contributed by atoms with Gasteiger partial charge in [0.15, 0.2) is 0 Å². The Bertz CT molecular complexity index is 183. The van der Waals surface area contributed by atoms with Gasteiger partial charge in [0.2, 0.25) is 0 Å². The van der Waals surface area contributed by atoms with Crippen LogP contribution in [0, 0.1) is 0 Å². The zero-order valence-corrected chi connectivity index (χ0v) is 8.30. The number of hydrogen-bond acceptors (Lipinski definition) is 5. The van der Waals surface area contributed by atoms with Crippen molar-refractivity contribution in [2.24, 2.45) is 0 Å². The predicted molar refractivity (Wildman–Crippen MR) is 36.1 cm³/mol. The first-order valence-electron chi connectivity index (χ1n) is 3.03. The van der Waals surface area contributed by atoms with Gasteiger partial charge in [-0.1, -0.05) is 0 Å². The second-order valence-electron chi connectivity index (χ2n) is 1.76. The summed E-state index contributed by atoms with van der Waals surface area (Å²) in [6.45, 7) is 1.77. The van der Waals surface area contributed by atoms with Crippen molar-refractivity contribution in [1.29, 1.82) is 0 Å². The summed E-state index contributed by atoms with van der Waals surface area (Å²) >= 11 is 0. The average Bonchev–Trinajstić information content (AvgIpc) is 1.87. The minimum absolute atomic E-state index is 0. The van der Waals surface area contributed by atoms with Gasteiger partial charge in [0.25, 0.3) is 0 Å². The second-order valence-corrected chi connectivity index (χ2v) is 3.66. The maximum absolute atomic E-state index is 10.6. The van der Waals surface area contributed by atoms with Crippen LogP contribution in [0.3, 0.4) is 0 Å². The number of esters is 1. The van der Waals surface area contributed by atoms with E-state index in [1.807, 2.05) is 0 Å². The van der Waals surface area contributed by atoms with Crippen LogP contribution in [0.25, 0.3) is 0 Å². The molecule has 0 rings (SSSR count). The first-order valence-corrected chi connectivity index (χ1v) is 4.76. The van der Waals surface area contributed by atoms with E-state index in [9.17, 15) is 14.3 Å². The van der Waals surface area contributed by atoms with Gasteiger partial charge >= 0.3 is 24.8 Å². The van der Waals surface area contributed by atoms with Crippen molar-refractivity contribution in [2.75, 3.05) is 19.9 Å². The molecule has 0 aliphatic heterocycles. The van der Waals surface area contributed by atoms with E-state index >= 15 is 0 Å². The first kappa shape index (κ1) is 14.7. The van der Waals surface area contributed by atoms with Crippen LogP contribution in [0.15, 0.2) is 0 Å². The van der Waals surface area contributed by atoms with Gasteiger partial charge in [0, 0.05) is 7.11 Å². The van der Waals surface area contributed by atoms with Crippen LogP contribution in [-0.4, -0.2) is 25.8 Å². The normalized spacial score (nSPS) is 14.2. The summed E-state index contributed by atoms with van der Waals surface area (Å²) in [5.74, 6) is -0.785. The van der Waals surface area contributed by atoms with E-state index in [0.29, 0.717) is 0 Å². The third-order valence-corrected chi connectivity index (χ3v) is 2.11. The molecule has 1 atom stereocenters. The largest absolute Gasteiger partial charge is 1.00 e. The molecule has 0 aromatic carbocycles. The zero-order chi connectivity index (χ0) is 8.91. The Morgan fingerprint density at radius 3 is 2.42 bits per heavy atom. The molecule has 0 saturated carbocycles. The molecule has 0 radical (unpaired) electrons. The van der Waals surface area contributed by atoms with Crippen LogP contribution < -0.4 is 23.8 Å². The Morgan fingerprint density at radius 2 is 2.08 bits per heavy atom. The van der Waals surface area contributed by atoms with Gasteiger partial charge in [-0.2, -0.15) is 0 Å². The number of hydrogen-bond donors (Lipinski definition) is 0. The van der Waals surface area contributed by atoms with Gasteiger partial charge in [-0.3, -0.25) is 4.79 Å². The topological polar surface area (TPSA) is 75.7 Å². The van der Waals surface area contributed by atoms with Gasteiger partial charge in [0.05, 0.1) is 6.61 Å². The van der Waals surface area contributed by atoms with E-state index in [-0.39, 0.29) is 25.5 Å². The molecule has 0 heterocycles. The fourth-order valence-electron chi connectivity index (χ4n) is 0.429.